The Balaban J connectivity index is 2.40. The Morgan fingerprint density at radius 3 is 2.32 bits per heavy atom. The normalized spacial score (nSPS) is 15.2. The van der Waals surface area contributed by atoms with Crippen molar-refractivity contribution in [2.24, 2.45) is 7.05 Å². The fourth-order valence-corrected chi connectivity index (χ4v) is 2.62. The van der Waals surface area contributed by atoms with Crippen molar-refractivity contribution >= 4 is 11.6 Å². The smallest absolute Gasteiger partial charge is 0.206 e. The molecular formula is C16H21NO2. The van der Waals surface area contributed by atoms with E-state index in [1.165, 1.54) is 12.8 Å². The van der Waals surface area contributed by atoms with E-state index in [1.54, 1.807) is 13.8 Å². The molecule has 19 heavy (non-hydrogen) atoms. The molecule has 0 bridgehead atoms. The van der Waals surface area contributed by atoms with Gasteiger partial charge < -0.3 is 4.57 Å². The van der Waals surface area contributed by atoms with Crippen LogP contribution < -0.4 is 0 Å². The summed E-state index contributed by atoms with van der Waals surface area (Å²) in [7, 11) is 1.89. The molecule has 3 nitrogen and oxygen atoms in total. The van der Waals surface area contributed by atoms with E-state index in [-0.39, 0.29) is 11.6 Å². The molecule has 0 unspecified atom stereocenters. The molecule has 1 aliphatic carbocycles. The van der Waals surface area contributed by atoms with Gasteiger partial charge in [-0.25, -0.2) is 0 Å². The second-order valence-electron chi connectivity index (χ2n) is 5.32. The van der Waals surface area contributed by atoms with Gasteiger partial charge in [0.1, 0.15) is 5.69 Å². The standard InChI is InChI=1S/C16H21NO2/c1-5-6-7-8-12-9-13-14(17(12)4)16(19)11(3)10(2)15(13)18/h9H,5-8H2,1-4H3. The molecule has 1 aliphatic rings. The summed E-state index contributed by atoms with van der Waals surface area (Å²) in [4.78, 5) is 24.6. The van der Waals surface area contributed by atoms with Crippen LogP contribution >= 0.6 is 0 Å². The summed E-state index contributed by atoms with van der Waals surface area (Å²) in [6.07, 6.45) is 4.37. The molecule has 0 radical (unpaired) electrons. The maximum atomic E-state index is 12.3. The number of ketones is 2. The van der Waals surface area contributed by atoms with Gasteiger partial charge >= 0.3 is 0 Å². The van der Waals surface area contributed by atoms with E-state index in [4.69, 9.17) is 0 Å². The van der Waals surface area contributed by atoms with Gasteiger partial charge in [-0.05, 0) is 32.8 Å². The Morgan fingerprint density at radius 1 is 1.05 bits per heavy atom. The minimum Gasteiger partial charge on any atom is -0.344 e. The third-order valence-electron chi connectivity index (χ3n) is 4.07. The van der Waals surface area contributed by atoms with Gasteiger partial charge in [0.25, 0.3) is 0 Å². The van der Waals surface area contributed by atoms with Crippen LogP contribution in [0.15, 0.2) is 17.2 Å². The minimum atomic E-state index is -0.00339. The molecule has 0 atom stereocenters. The van der Waals surface area contributed by atoms with Gasteiger partial charge in [0.2, 0.25) is 5.78 Å². The molecule has 0 amide bonds. The lowest BCUT2D eigenvalue weighted by molar-refractivity contribution is 0.0970. The number of hydrogen-bond donors (Lipinski definition) is 0. The van der Waals surface area contributed by atoms with Gasteiger partial charge in [-0.2, -0.15) is 0 Å². The monoisotopic (exact) mass is 259 g/mol. The van der Waals surface area contributed by atoms with Crippen LogP contribution in [0.2, 0.25) is 0 Å². The molecule has 0 aliphatic heterocycles. The molecule has 0 spiro atoms. The van der Waals surface area contributed by atoms with Crippen molar-refractivity contribution in [1.29, 1.82) is 0 Å². The van der Waals surface area contributed by atoms with Crippen LogP contribution in [0.3, 0.4) is 0 Å². The topological polar surface area (TPSA) is 39.1 Å². The Bertz CT molecular complexity index is 576. The van der Waals surface area contributed by atoms with Crippen LogP contribution in [-0.2, 0) is 13.5 Å². The number of unbranched alkanes of at least 4 members (excludes halogenated alkanes) is 2. The summed E-state index contributed by atoms with van der Waals surface area (Å²) in [6, 6.07) is 1.90. The van der Waals surface area contributed by atoms with E-state index in [0.29, 0.717) is 22.4 Å². The van der Waals surface area contributed by atoms with Crippen molar-refractivity contribution in [1.82, 2.24) is 4.57 Å². The van der Waals surface area contributed by atoms with Crippen LogP contribution in [0.1, 0.15) is 66.6 Å². The van der Waals surface area contributed by atoms with Crippen molar-refractivity contribution in [2.45, 2.75) is 46.5 Å². The van der Waals surface area contributed by atoms with Crippen LogP contribution in [0, 0.1) is 0 Å². The molecule has 2 rings (SSSR count). The lowest BCUT2D eigenvalue weighted by atomic mass is 9.90. The van der Waals surface area contributed by atoms with Gasteiger partial charge in [-0.1, -0.05) is 19.8 Å². The first-order valence-corrected chi connectivity index (χ1v) is 6.94. The van der Waals surface area contributed by atoms with Crippen LogP contribution in [0.4, 0.5) is 0 Å². The molecule has 3 heteroatoms. The Kier molecular flexibility index (Phi) is 3.74. The van der Waals surface area contributed by atoms with Crippen LogP contribution in [0.5, 0.6) is 0 Å². The van der Waals surface area contributed by atoms with Crippen molar-refractivity contribution in [3.05, 3.63) is 34.2 Å². The summed E-state index contributed by atoms with van der Waals surface area (Å²) in [5.41, 5.74) is 3.41. The van der Waals surface area contributed by atoms with E-state index < -0.39 is 0 Å². The molecule has 1 heterocycles. The first kappa shape index (κ1) is 13.8. The zero-order valence-electron chi connectivity index (χ0n) is 12.2. The molecule has 0 aromatic carbocycles. The van der Waals surface area contributed by atoms with Crippen LogP contribution in [0.25, 0.3) is 0 Å². The quantitative estimate of drug-likeness (QED) is 0.777. The van der Waals surface area contributed by atoms with E-state index in [9.17, 15) is 9.59 Å². The molecule has 1 aromatic rings. The average Bonchev–Trinajstić information content (AvgIpc) is 2.72. The number of allylic oxidation sites excluding steroid dienone is 2. The third kappa shape index (κ3) is 2.18. The highest BCUT2D eigenvalue weighted by molar-refractivity contribution is 6.26. The lowest BCUT2D eigenvalue weighted by Gasteiger charge is -2.15. The highest BCUT2D eigenvalue weighted by atomic mass is 16.1. The van der Waals surface area contributed by atoms with Crippen molar-refractivity contribution < 1.29 is 9.59 Å². The second kappa shape index (κ2) is 5.16. The van der Waals surface area contributed by atoms with Crippen molar-refractivity contribution in [3.8, 4) is 0 Å². The highest BCUT2D eigenvalue weighted by Gasteiger charge is 2.31. The predicted molar refractivity (Wildman–Crippen MR) is 75.7 cm³/mol. The highest BCUT2D eigenvalue weighted by Crippen LogP contribution is 2.28. The Hall–Kier alpha value is -1.64. The molecule has 102 valence electrons. The molecule has 0 fully saturated rings. The number of fused-ring (bicyclic) bond motifs is 1. The van der Waals surface area contributed by atoms with Crippen molar-refractivity contribution in [2.75, 3.05) is 0 Å². The molecule has 0 saturated carbocycles. The third-order valence-corrected chi connectivity index (χ3v) is 4.07. The molecule has 0 N–H and O–H groups in total. The van der Waals surface area contributed by atoms with Gasteiger partial charge in [0, 0.05) is 23.9 Å². The van der Waals surface area contributed by atoms with Crippen molar-refractivity contribution in [3.63, 3.8) is 0 Å². The summed E-state index contributed by atoms with van der Waals surface area (Å²) >= 11 is 0. The number of rotatable bonds is 4. The predicted octanol–water partition coefficient (Wildman–Crippen LogP) is 3.47. The van der Waals surface area contributed by atoms with E-state index in [0.717, 1.165) is 18.5 Å². The second-order valence-corrected chi connectivity index (χ2v) is 5.32. The molecule has 1 aromatic heterocycles. The molecule has 0 saturated heterocycles. The number of carbonyl (C=O) groups excluding carboxylic acids is 2. The van der Waals surface area contributed by atoms with Crippen LogP contribution in [-0.4, -0.2) is 16.1 Å². The zero-order chi connectivity index (χ0) is 14.2. The van der Waals surface area contributed by atoms with Gasteiger partial charge in [-0.15, -0.1) is 0 Å². The maximum Gasteiger partial charge on any atom is 0.206 e. The fraction of sp³-hybridized carbons (Fsp3) is 0.500. The minimum absolute atomic E-state index is 0.00339. The number of Topliss-reactive ketones (excluding diaryl/α,β-unsaturated/α-hetero) is 2. The summed E-state index contributed by atoms with van der Waals surface area (Å²) in [5.74, 6) is 0.000725. The first-order valence-electron chi connectivity index (χ1n) is 6.94. The Labute approximate surface area is 114 Å². The fourth-order valence-electron chi connectivity index (χ4n) is 2.62. The summed E-state index contributed by atoms with van der Waals surface area (Å²) in [5, 5.41) is 0. The van der Waals surface area contributed by atoms with E-state index in [1.807, 2.05) is 17.7 Å². The van der Waals surface area contributed by atoms with E-state index >= 15 is 0 Å². The Morgan fingerprint density at radius 2 is 1.68 bits per heavy atom. The van der Waals surface area contributed by atoms with Gasteiger partial charge in [-0.3, -0.25) is 9.59 Å². The SMILES string of the molecule is CCCCCc1cc2c(n1C)C(=O)C(C)=C(C)C2=O. The van der Waals surface area contributed by atoms with Gasteiger partial charge in [0.15, 0.2) is 5.78 Å². The summed E-state index contributed by atoms with van der Waals surface area (Å²) < 4.78 is 1.90. The number of hydrogen-bond acceptors (Lipinski definition) is 2. The number of nitrogens with zero attached hydrogens (tertiary/aromatic N) is 1. The first-order chi connectivity index (χ1) is 8.99. The number of aromatic nitrogens is 1. The zero-order valence-corrected chi connectivity index (χ0v) is 12.2. The van der Waals surface area contributed by atoms with E-state index in [2.05, 4.69) is 6.92 Å². The van der Waals surface area contributed by atoms with Gasteiger partial charge in [0.05, 0.1) is 5.56 Å². The largest absolute Gasteiger partial charge is 0.344 e. The maximum absolute atomic E-state index is 12.3. The average molecular weight is 259 g/mol. The lowest BCUT2D eigenvalue weighted by Crippen LogP contribution is -2.21. The number of aryl methyl sites for hydroxylation is 1. The molecular weight excluding hydrogens is 238 g/mol. The number of carbonyl (C=O) groups is 2. The summed E-state index contributed by atoms with van der Waals surface area (Å²) in [6.45, 7) is 5.64.